The predicted molar refractivity (Wildman–Crippen MR) is 114 cm³/mol. The number of H-pyrrole nitrogens is 1. The first-order valence-corrected chi connectivity index (χ1v) is 9.83. The van der Waals surface area contributed by atoms with Gasteiger partial charge in [-0.1, -0.05) is 29.8 Å². The Labute approximate surface area is 173 Å². The third-order valence-electron chi connectivity index (χ3n) is 5.39. The lowest BCUT2D eigenvalue weighted by molar-refractivity contribution is -0.384. The van der Waals surface area contributed by atoms with Crippen molar-refractivity contribution in [3.8, 4) is 0 Å². The summed E-state index contributed by atoms with van der Waals surface area (Å²) in [7, 11) is 0. The van der Waals surface area contributed by atoms with Crippen LogP contribution in [0.25, 0.3) is 10.9 Å². The molecule has 0 saturated carbocycles. The number of para-hydroxylation sites is 1. The molecule has 0 unspecified atom stereocenters. The van der Waals surface area contributed by atoms with Gasteiger partial charge in [0.25, 0.3) is 5.69 Å². The van der Waals surface area contributed by atoms with E-state index in [9.17, 15) is 14.9 Å². The van der Waals surface area contributed by atoms with Crippen molar-refractivity contribution in [1.82, 2.24) is 9.88 Å². The monoisotopic (exact) mass is 412 g/mol. The van der Waals surface area contributed by atoms with Crippen LogP contribution >= 0.6 is 11.6 Å². The Morgan fingerprint density at radius 2 is 1.90 bits per heavy atom. The molecule has 8 heteroatoms. The zero-order valence-electron chi connectivity index (χ0n) is 16.0. The largest absolute Gasteiger partial charge is 0.363 e. The molecule has 1 saturated heterocycles. The number of carbonyl (C=O) groups is 1. The zero-order chi connectivity index (χ0) is 20.5. The van der Waals surface area contributed by atoms with Crippen LogP contribution in [-0.4, -0.2) is 53.3 Å². The summed E-state index contributed by atoms with van der Waals surface area (Å²) in [6.45, 7) is 4.80. The number of aryl methyl sites for hydroxylation is 1. The molecule has 0 spiro atoms. The second-order valence-corrected chi connectivity index (χ2v) is 7.68. The number of hydrogen-bond acceptors (Lipinski definition) is 5. The number of halogens is 1. The van der Waals surface area contributed by atoms with Crippen LogP contribution in [0.2, 0.25) is 5.02 Å². The number of benzene rings is 2. The first kappa shape index (κ1) is 19.4. The summed E-state index contributed by atoms with van der Waals surface area (Å²) in [5.41, 5.74) is 3.17. The highest BCUT2D eigenvalue weighted by atomic mass is 35.5. The van der Waals surface area contributed by atoms with E-state index in [2.05, 4.69) is 9.88 Å². The number of Topliss-reactive ketones (excluding diaryl/α,β-unsaturated/α-hetero) is 1. The van der Waals surface area contributed by atoms with Crippen molar-refractivity contribution in [2.24, 2.45) is 0 Å². The normalized spacial score (nSPS) is 15.0. The van der Waals surface area contributed by atoms with E-state index in [0.29, 0.717) is 43.4 Å². The summed E-state index contributed by atoms with van der Waals surface area (Å²) in [6, 6.07) is 12.6. The summed E-state index contributed by atoms with van der Waals surface area (Å²) in [5.74, 6) is 0.0888. The third-order valence-corrected chi connectivity index (χ3v) is 5.62. The Morgan fingerprint density at radius 3 is 2.62 bits per heavy atom. The molecule has 0 bridgehead atoms. The van der Waals surface area contributed by atoms with Crippen molar-refractivity contribution in [1.29, 1.82) is 0 Å². The summed E-state index contributed by atoms with van der Waals surface area (Å²) < 4.78 is 0. The van der Waals surface area contributed by atoms with Gasteiger partial charge in [-0.3, -0.25) is 19.8 Å². The van der Waals surface area contributed by atoms with E-state index in [-0.39, 0.29) is 11.5 Å². The average molecular weight is 413 g/mol. The van der Waals surface area contributed by atoms with Crippen molar-refractivity contribution in [3.05, 3.63) is 68.9 Å². The molecule has 150 valence electrons. The maximum Gasteiger partial charge on any atom is 0.294 e. The summed E-state index contributed by atoms with van der Waals surface area (Å²) in [6.07, 6.45) is 0. The quantitative estimate of drug-likeness (QED) is 0.388. The Bertz CT molecular complexity index is 1090. The number of nitro groups is 1. The van der Waals surface area contributed by atoms with Gasteiger partial charge < -0.3 is 9.88 Å². The highest BCUT2D eigenvalue weighted by Gasteiger charge is 2.26. The Hall–Kier alpha value is -2.90. The van der Waals surface area contributed by atoms with Gasteiger partial charge in [0.05, 0.1) is 11.5 Å². The molecule has 1 aromatic heterocycles. The molecule has 7 nitrogen and oxygen atoms in total. The molecule has 0 amide bonds. The van der Waals surface area contributed by atoms with Crippen LogP contribution in [0.15, 0.2) is 42.5 Å². The molecule has 2 aromatic carbocycles. The van der Waals surface area contributed by atoms with Gasteiger partial charge in [-0.05, 0) is 25.1 Å². The lowest BCUT2D eigenvalue weighted by atomic mass is 10.1. The Kier molecular flexibility index (Phi) is 5.25. The van der Waals surface area contributed by atoms with E-state index in [1.165, 1.54) is 6.07 Å². The number of carbonyl (C=O) groups excluding carboxylic acids is 1. The fourth-order valence-corrected chi connectivity index (χ4v) is 4.14. The summed E-state index contributed by atoms with van der Waals surface area (Å²) >= 11 is 5.91. The number of nitrogens with zero attached hydrogens (tertiary/aromatic N) is 3. The van der Waals surface area contributed by atoms with E-state index < -0.39 is 4.92 Å². The van der Waals surface area contributed by atoms with Crippen molar-refractivity contribution in [3.63, 3.8) is 0 Å². The van der Waals surface area contributed by atoms with Crippen LogP contribution in [-0.2, 0) is 0 Å². The maximum absolute atomic E-state index is 13.0. The molecule has 1 fully saturated rings. The summed E-state index contributed by atoms with van der Waals surface area (Å²) in [5, 5.41) is 12.7. The standard InChI is InChI=1S/C21H21ClN4O3/c1-14-21(16-4-2-3-5-17(16)23-14)20(27)13-24-8-10-25(11-9-24)18-7-6-15(22)12-19(18)26(28)29/h2-7,12,23H,8-11,13H2,1H3. The second-order valence-electron chi connectivity index (χ2n) is 7.25. The van der Waals surface area contributed by atoms with Crippen LogP contribution in [0, 0.1) is 17.0 Å². The van der Waals surface area contributed by atoms with Crippen molar-refractivity contribution in [2.45, 2.75) is 6.92 Å². The van der Waals surface area contributed by atoms with Crippen LogP contribution in [0.1, 0.15) is 16.1 Å². The fourth-order valence-electron chi connectivity index (χ4n) is 3.98. The minimum Gasteiger partial charge on any atom is -0.363 e. The number of aromatic amines is 1. The van der Waals surface area contributed by atoms with Gasteiger partial charge in [0.1, 0.15) is 5.69 Å². The van der Waals surface area contributed by atoms with Crippen LogP contribution in [0.5, 0.6) is 0 Å². The SMILES string of the molecule is Cc1[nH]c2ccccc2c1C(=O)CN1CCN(c2ccc(Cl)cc2[N+](=O)[O-])CC1. The minimum atomic E-state index is -0.406. The van der Waals surface area contributed by atoms with E-state index in [0.717, 1.165) is 22.2 Å². The highest BCUT2D eigenvalue weighted by Crippen LogP contribution is 2.31. The first-order valence-electron chi connectivity index (χ1n) is 9.46. The number of nitrogens with one attached hydrogen (secondary N) is 1. The van der Waals surface area contributed by atoms with Gasteiger partial charge >= 0.3 is 0 Å². The van der Waals surface area contributed by atoms with Crippen LogP contribution < -0.4 is 4.90 Å². The number of aromatic nitrogens is 1. The molecule has 0 aliphatic carbocycles. The molecule has 1 aliphatic rings. The number of hydrogen-bond donors (Lipinski definition) is 1. The van der Waals surface area contributed by atoms with E-state index in [1.807, 2.05) is 36.1 Å². The van der Waals surface area contributed by atoms with Gasteiger partial charge in [-0.15, -0.1) is 0 Å². The van der Waals surface area contributed by atoms with Crippen LogP contribution in [0.4, 0.5) is 11.4 Å². The fraction of sp³-hybridized carbons (Fsp3) is 0.286. The van der Waals surface area contributed by atoms with Gasteiger partial charge in [-0.2, -0.15) is 0 Å². The number of anilines is 1. The number of rotatable bonds is 5. The molecule has 3 aromatic rings. The second kappa shape index (κ2) is 7.85. The van der Waals surface area contributed by atoms with Crippen molar-refractivity contribution < 1.29 is 9.72 Å². The molecule has 29 heavy (non-hydrogen) atoms. The Balaban J connectivity index is 1.45. The summed E-state index contributed by atoms with van der Waals surface area (Å²) in [4.78, 5) is 31.3. The minimum absolute atomic E-state index is 0.0106. The van der Waals surface area contributed by atoms with E-state index in [1.54, 1.807) is 12.1 Å². The smallest absolute Gasteiger partial charge is 0.294 e. The van der Waals surface area contributed by atoms with E-state index >= 15 is 0 Å². The third kappa shape index (κ3) is 3.83. The predicted octanol–water partition coefficient (Wildman–Crippen LogP) is 4.04. The van der Waals surface area contributed by atoms with Crippen molar-refractivity contribution in [2.75, 3.05) is 37.6 Å². The first-order chi connectivity index (χ1) is 13.9. The van der Waals surface area contributed by atoms with Gasteiger partial charge in [0, 0.05) is 59.4 Å². The van der Waals surface area contributed by atoms with Crippen molar-refractivity contribution >= 4 is 39.7 Å². The molecule has 0 radical (unpaired) electrons. The molecule has 0 atom stereocenters. The number of nitro benzene ring substituents is 1. The van der Waals surface area contributed by atoms with E-state index in [4.69, 9.17) is 11.6 Å². The van der Waals surface area contributed by atoms with Gasteiger partial charge in [0.2, 0.25) is 0 Å². The molecular weight excluding hydrogens is 392 g/mol. The van der Waals surface area contributed by atoms with Crippen LogP contribution in [0.3, 0.4) is 0 Å². The van der Waals surface area contributed by atoms with Gasteiger partial charge in [0.15, 0.2) is 5.78 Å². The molecule has 4 rings (SSSR count). The molecule has 1 aliphatic heterocycles. The Morgan fingerprint density at radius 1 is 1.17 bits per heavy atom. The average Bonchev–Trinajstić information content (AvgIpc) is 3.04. The van der Waals surface area contributed by atoms with Gasteiger partial charge in [-0.25, -0.2) is 0 Å². The highest BCUT2D eigenvalue weighted by molar-refractivity contribution is 6.30. The lowest BCUT2D eigenvalue weighted by Gasteiger charge is -2.35. The number of fused-ring (bicyclic) bond motifs is 1. The molecular formula is C21H21ClN4O3. The number of ketones is 1. The molecule has 1 N–H and O–H groups in total. The topological polar surface area (TPSA) is 82.5 Å². The number of piperazine rings is 1. The lowest BCUT2D eigenvalue weighted by Crippen LogP contribution is -2.48. The maximum atomic E-state index is 13.0. The zero-order valence-corrected chi connectivity index (χ0v) is 16.8. The molecule has 2 heterocycles.